The summed E-state index contributed by atoms with van der Waals surface area (Å²) in [6.45, 7) is 7.09. The van der Waals surface area contributed by atoms with E-state index in [1.807, 2.05) is 24.3 Å². The van der Waals surface area contributed by atoms with E-state index in [0.717, 1.165) is 11.3 Å². The highest BCUT2D eigenvalue weighted by molar-refractivity contribution is 5.64. The molecule has 2 nitrogen and oxygen atoms in total. The van der Waals surface area contributed by atoms with Crippen LogP contribution in [-0.4, -0.2) is 13.8 Å². The molecule has 2 heteroatoms. The lowest BCUT2D eigenvalue weighted by Crippen LogP contribution is -1.70. The maximum atomic E-state index is 4.50. The average Bonchev–Trinajstić information content (AvgIpc) is 2.20. The summed E-state index contributed by atoms with van der Waals surface area (Å²) in [6, 6.07) is 7.74. The van der Waals surface area contributed by atoms with E-state index in [1.54, 1.807) is 6.08 Å². The second-order valence-corrected chi connectivity index (χ2v) is 1.92. The minimum Gasteiger partial charge on any atom is -0.333 e. The molecule has 0 saturated carbocycles. The van der Waals surface area contributed by atoms with Gasteiger partial charge in [0.15, 0.2) is 0 Å². The van der Waals surface area contributed by atoms with Gasteiger partial charge in [0.25, 0.3) is 0 Å². The number of nitrogens with two attached hydrogens (primary N) is 1. The molecule has 0 bridgehead atoms. The molecule has 1 aromatic rings. The van der Waals surface area contributed by atoms with Crippen LogP contribution in [0.5, 0.6) is 0 Å². The van der Waals surface area contributed by atoms with Crippen molar-refractivity contribution in [2.45, 2.75) is 0 Å². The van der Waals surface area contributed by atoms with Gasteiger partial charge in [-0.15, -0.1) is 0 Å². The third-order valence-electron chi connectivity index (χ3n) is 1.33. The molecule has 0 fully saturated rings. The van der Waals surface area contributed by atoms with E-state index in [2.05, 4.69) is 24.0 Å². The van der Waals surface area contributed by atoms with Crippen molar-refractivity contribution in [1.82, 2.24) is 0 Å². The highest BCUT2D eigenvalue weighted by atomic mass is 14.7. The number of rotatable bonds is 2. The van der Waals surface area contributed by atoms with Gasteiger partial charge in [-0.05, 0) is 25.4 Å². The van der Waals surface area contributed by atoms with E-state index < -0.39 is 0 Å². The van der Waals surface area contributed by atoms with Crippen molar-refractivity contribution in [3.05, 3.63) is 36.4 Å². The molecule has 0 unspecified atom stereocenters. The number of para-hydroxylation sites is 1. The largest absolute Gasteiger partial charge is 0.333 e. The summed E-state index contributed by atoms with van der Waals surface area (Å²) in [6.07, 6.45) is 1.77. The maximum Gasteiger partial charge on any atom is 0.0694 e. The molecule has 0 heterocycles. The molecule has 0 amide bonds. The minimum atomic E-state index is 0. The molecular weight excluding hydrogens is 148 g/mol. The first-order valence-electron chi connectivity index (χ1n) is 3.64. The number of aliphatic imine (C=N–C) groups is 1. The Balaban J connectivity index is 0. The highest BCUT2D eigenvalue weighted by Gasteiger charge is 1.90. The molecule has 0 spiro atoms. The molecule has 0 saturated heterocycles. The van der Waals surface area contributed by atoms with E-state index in [4.69, 9.17) is 0 Å². The average molecular weight is 164 g/mol. The Hall–Kier alpha value is -1.41. The van der Waals surface area contributed by atoms with Crippen LogP contribution in [0.4, 0.5) is 5.69 Å². The molecule has 2 N–H and O–H groups in total. The smallest absolute Gasteiger partial charge is 0.0694 e. The maximum absolute atomic E-state index is 4.50. The molecule has 0 aliphatic rings. The molecule has 1 aromatic carbocycles. The molecular formula is C10H16N2. The molecule has 0 aliphatic carbocycles. The van der Waals surface area contributed by atoms with Gasteiger partial charge in [-0.1, -0.05) is 30.9 Å². The summed E-state index contributed by atoms with van der Waals surface area (Å²) in [5.41, 5.74) is 6.41. The topological polar surface area (TPSA) is 38.4 Å². The number of nitrogens with zero attached hydrogens (tertiary/aromatic N) is 1. The summed E-state index contributed by atoms with van der Waals surface area (Å²) in [4.78, 5) is 3.82. The van der Waals surface area contributed by atoms with Gasteiger partial charge in [0.1, 0.15) is 0 Å². The predicted molar refractivity (Wildman–Crippen MR) is 58.0 cm³/mol. The third kappa shape index (κ3) is 2.68. The van der Waals surface area contributed by atoms with Crippen LogP contribution in [0.15, 0.2) is 35.8 Å². The van der Waals surface area contributed by atoms with Crippen LogP contribution in [-0.2, 0) is 0 Å². The molecule has 0 aliphatic heterocycles. The fourth-order valence-corrected chi connectivity index (χ4v) is 0.804. The minimum absolute atomic E-state index is 0. The van der Waals surface area contributed by atoms with Gasteiger partial charge in [0.2, 0.25) is 0 Å². The van der Waals surface area contributed by atoms with Crippen molar-refractivity contribution >= 4 is 18.5 Å². The zero-order valence-electron chi connectivity index (χ0n) is 7.33. The summed E-state index contributed by atoms with van der Waals surface area (Å²) in [5.74, 6) is 0. The Morgan fingerprint density at radius 3 is 2.42 bits per heavy atom. The molecule has 66 valence electrons. The van der Waals surface area contributed by atoms with E-state index >= 15 is 0 Å². The Bertz CT molecular complexity index is 232. The van der Waals surface area contributed by atoms with Gasteiger partial charge in [-0.25, -0.2) is 0 Å². The SMILES string of the molecule is C=Cc1ccccc1N=C.CN.[HH]. The van der Waals surface area contributed by atoms with Crippen LogP contribution in [0, 0.1) is 0 Å². The van der Waals surface area contributed by atoms with Gasteiger partial charge < -0.3 is 5.73 Å². The van der Waals surface area contributed by atoms with Crippen molar-refractivity contribution in [3.8, 4) is 0 Å². The summed E-state index contributed by atoms with van der Waals surface area (Å²) < 4.78 is 0. The standard InChI is InChI=1S/C9H9N.CH5N.H2/c1-3-8-6-4-5-7-9(8)10-2;1-2;/h3-7H,1-2H2;2H2,1H3;1H. The first kappa shape index (κ1) is 10.6. The van der Waals surface area contributed by atoms with Crippen LogP contribution in [0.2, 0.25) is 0 Å². The predicted octanol–water partition coefficient (Wildman–Crippen LogP) is 2.48. The second-order valence-electron chi connectivity index (χ2n) is 1.92. The molecule has 0 aromatic heterocycles. The Morgan fingerprint density at radius 1 is 1.42 bits per heavy atom. The van der Waals surface area contributed by atoms with Gasteiger partial charge in [-0.2, -0.15) is 0 Å². The van der Waals surface area contributed by atoms with Gasteiger partial charge in [-0.3, -0.25) is 4.99 Å². The van der Waals surface area contributed by atoms with Crippen molar-refractivity contribution in [2.75, 3.05) is 7.05 Å². The summed E-state index contributed by atoms with van der Waals surface area (Å²) >= 11 is 0. The van der Waals surface area contributed by atoms with Crippen molar-refractivity contribution in [1.29, 1.82) is 0 Å². The van der Waals surface area contributed by atoms with E-state index in [9.17, 15) is 0 Å². The highest BCUT2D eigenvalue weighted by Crippen LogP contribution is 2.17. The normalized spacial score (nSPS) is 7.83. The molecule has 1 rings (SSSR count). The van der Waals surface area contributed by atoms with Gasteiger partial charge in [0, 0.05) is 1.43 Å². The molecule has 0 radical (unpaired) electrons. The quantitative estimate of drug-likeness (QED) is 0.670. The zero-order chi connectivity index (χ0) is 9.40. The van der Waals surface area contributed by atoms with Crippen LogP contribution in [0.3, 0.4) is 0 Å². The van der Waals surface area contributed by atoms with Crippen LogP contribution in [0.25, 0.3) is 6.08 Å². The van der Waals surface area contributed by atoms with E-state index in [1.165, 1.54) is 7.05 Å². The van der Waals surface area contributed by atoms with Gasteiger partial charge >= 0.3 is 0 Å². The van der Waals surface area contributed by atoms with Crippen LogP contribution >= 0.6 is 0 Å². The lowest BCUT2D eigenvalue weighted by atomic mass is 10.2. The Morgan fingerprint density at radius 2 is 2.00 bits per heavy atom. The fraction of sp³-hybridized carbons (Fsp3) is 0.100. The van der Waals surface area contributed by atoms with Crippen molar-refractivity contribution in [2.24, 2.45) is 10.7 Å². The van der Waals surface area contributed by atoms with Crippen LogP contribution < -0.4 is 5.73 Å². The van der Waals surface area contributed by atoms with Crippen molar-refractivity contribution in [3.63, 3.8) is 0 Å². The van der Waals surface area contributed by atoms with Crippen LogP contribution in [0.1, 0.15) is 6.99 Å². The van der Waals surface area contributed by atoms with E-state index in [0.29, 0.717) is 0 Å². The zero-order valence-corrected chi connectivity index (χ0v) is 7.33. The number of benzene rings is 1. The number of hydrogen-bond donors (Lipinski definition) is 1. The fourth-order valence-electron chi connectivity index (χ4n) is 0.804. The van der Waals surface area contributed by atoms with Crippen molar-refractivity contribution < 1.29 is 1.43 Å². The first-order chi connectivity index (χ1) is 5.88. The molecule has 12 heavy (non-hydrogen) atoms. The first-order valence-corrected chi connectivity index (χ1v) is 3.64. The monoisotopic (exact) mass is 164 g/mol. The van der Waals surface area contributed by atoms with Gasteiger partial charge in [0.05, 0.1) is 5.69 Å². The molecule has 0 atom stereocenters. The van der Waals surface area contributed by atoms with E-state index in [-0.39, 0.29) is 1.43 Å². The Labute approximate surface area is 74.9 Å². The third-order valence-corrected chi connectivity index (χ3v) is 1.33. The second kappa shape index (κ2) is 6.31. The summed E-state index contributed by atoms with van der Waals surface area (Å²) in [7, 11) is 1.50. The Kier molecular flexibility index (Phi) is 5.57. The number of hydrogen-bond acceptors (Lipinski definition) is 2. The summed E-state index contributed by atoms with van der Waals surface area (Å²) in [5, 5.41) is 0. The lowest BCUT2D eigenvalue weighted by molar-refractivity contribution is 1.48. The lowest BCUT2D eigenvalue weighted by Gasteiger charge is -1.95.